The van der Waals surface area contributed by atoms with Gasteiger partial charge in [0.15, 0.2) is 5.82 Å². The number of ether oxygens (including phenoxy) is 1. The quantitative estimate of drug-likeness (QED) is 0.614. The first-order valence-electron chi connectivity index (χ1n) is 5.42. The van der Waals surface area contributed by atoms with E-state index in [-0.39, 0.29) is 0 Å². The van der Waals surface area contributed by atoms with Gasteiger partial charge in [0.1, 0.15) is 0 Å². The molecule has 0 aliphatic carbocycles. The van der Waals surface area contributed by atoms with Crippen molar-refractivity contribution in [3.05, 3.63) is 24.3 Å². The number of nitrogens with zero attached hydrogens (tertiary/aromatic N) is 4. The zero-order valence-electron chi connectivity index (χ0n) is 9.71. The van der Waals surface area contributed by atoms with Crippen molar-refractivity contribution in [1.29, 1.82) is 0 Å². The molecule has 1 aromatic carbocycles. The normalized spacial score (nSPS) is 10.6. The molecule has 0 saturated heterocycles. The molecule has 0 fully saturated rings. The fraction of sp³-hybridized carbons (Fsp3) is 0.364. The Bertz CT molecular complexity index is 465. The van der Waals surface area contributed by atoms with Crippen LogP contribution in [0.5, 0.6) is 0 Å². The minimum absolute atomic E-state index is 0.695. The molecule has 0 amide bonds. The summed E-state index contributed by atoms with van der Waals surface area (Å²) in [6.07, 6.45) is 0.878. The molecule has 90 valence electrons. The summed E-state index contributed by atoms with van der Waals surface area (Å²) < 4.78 is 6.77. The predicted octanol–water partition coefficient (Wildman–Crippen LogP) is 0.959. The Morgan fingerprint density at radius 3 is 2.76 bits per heavy atom. The van der Waals surface area contributed by atoms with Crippen LogP contribution in [-0.4, -0.2) is 33.9 Å². The highest BCUT2D eigenvalue weighted by Crippen LogP contribution is 2.17. The van der Waals surface area contributed by atoms with Gasteiger partial charge in [-0.2, -0.15) is 0 Å². The van der Waals surface area contributed by atoms with E-state index in [9.17, 15) is 0 Å². The maximum Gasteiger partial charge on any atom is 0.182 e. The van der Waals surface area contributed by atoms with Crippen LogP contribution in [0.3, 0.4) is 0 Å². The first-order valence-corrected chi connectivity index (χ1v) is 5.42. The van der Waals surface area contributed by atoms with Crippen LogP contribution in [0.15, 0.2) is 24.3 Å². The fourth-order valence-corrected chi connectivity index (χ4v) is 1.55. The average molecular weight is 233 g/mol. The van der Waals surface area contributed by atoms with Gasteiger partial charge in [0, 0.05) is 31.5 Å². The van der Waals surface area contributed by atoms with E-state index in [4.69, 9.17) is 10.5 Å². The van der Waals surface area contributed by atoms with Crippen LogP contribution in [0.2, 0.25) is 0 Å². The lowest BCUT2D eigenvalue weighted by atomic mass is 10.2. The van der Waals surface area contributed by atoms with Crippen LogP contribution >= 0.6 is 0 Å². The standard InChI is InChI=1S/C11H15N5O/c1-17-8-2-7-16-11(13-14-15-16)9-3-5-10(12)6-4-9/h3-6H,2,7-8,12H2,1H3. The van der Waals surface area contributed by atoms with Gasteiger partial charge in [0.05, 0.1) is 0 Å². The molecule has 2 rings (SSSR count). The number of tetrazole rings is 1. The maximum atomic E-state index is 5.64. The second kappa shape index (κ2) is 5.40. The van der Waals surface area contributed by atoms with Gasteiger partial charge in [0.25, 0.3) is 0 Å². The lowest BCUT2D eigenvalue weighted by Gasteiger charge is -2.04. The molecule has 0 aliphatic rings. The lowest BCUT2D eigenvalue weighted by molar-refractivity contribution is 0.189. The summed E-state index contributed by atoms with van der Waals surface area (Å²) in [5, 5.41) is 11.7. The SMILES string of the molecule is COCCCn1nnnc1-c1ccc(N)cc1. The van der Waals surface area contributed by atoms with Gasteiger partial charge in [-0.25, -0.2) is 4.68 Å². The Kier molecular flexibility index (Phi) is 3.66. The summed E-state index contributed by atoms with van der Waals surface area (Å²) in [6.45, 7) is 1.43. The predicted molar refractivity (Wildman–Crippen MR) is 64.2 cm³/mol. The lowest BCUT2D eigenvalue weighted by Crippen LogP contribution is -2.05. The summed E-state index contributed by atoms with van der Waals surface area (Å²) >= 11 is 0. The summed E-state index contributed by atoms with van der Waals surface area (Å²) in [6, 6.07) is 7.49. The van der Waals surface area contributed by atoms with Crippen LogP contribution in [0.25, 0.3) is 11.4 Å². The Morgan fingerprint density at radius 1 is 1.29 bits per heavy atom. The van der Waals surface area contributed by atoms with Gasteiger partial charge in [-0.1, -0.05) is 0 Å². The van der Waals surface area contributed by atoms with Crippen molar-refractivity contribution in [2.24, 2.45) is 0 Å². The molecule has 0 radical (unpaired) electrons. The molecule has 0 aliphatic heterocycles. The second-order valence-electron chi connectivity index (χ2n) is 3.69. The molecule has 17 heavy (non-hydrogen) atoms. The number of nitrogens with two attached hydrogens (primary N) is 1. The molecule has 2 aromatic rings. The van der Waals surface area contributed by atoms with Crippen LogP contribution in [-0.2, 0) is 11.3 Å². The monoisotopic (exact) mass is 233 g/mol. The number of methoxy groups -OCH3 is 1. The topological polar surface area (TPSA) is 78.8 Å². The Labute approximate surface area is 99.4 Å². The van der Waals surface area contributed by atoms with E-state index in [1.165, 1.54) is 0 Å². The van der Waals surface area contributed by atoms with E-state index in [0.717, 1.165) is 30.0 Å². The first-order chi connectivity index (χ1) is 8.31. The number of aryl methyl sites for hydroxylation is 1. The summed E-state index contributed by atoms with van der Waals surface area (Å²) in [4.78, 5) is 0. The van der Waals surface area contributed by atoms with Crippen LogP contribution in [0.1, 0.15) is 6.42 Å². The first kappa shape index (κ1) is 11.5. The van der Waals surface area contributed by atoms with E-state index < -0.39 is 0 Å². The van der Waals surface area contributed by atoms with Gasteiger partial charge in [-0.05, 0) is 41.1 Å². The summed E-state index contributed by atoms with van der Waals surface area (Å²) in [5.41, 5.74) is 7.33. The third kappa shape index (κ3) is 2.79. The number of anilines is 1. The number of rotatable bonds is 5. The highest BCUT2D eigenvalue weighted by Gasteiger charge is 2.07. The molecule has 1 aromatic heterocycles. The minimum Gasteiger partial charge on any atom is -0.399 e. The van der Waals surface area contributed by atoms with Crippen molar-refractivity contribution in [2.45, 2.75) is 13.0 Å². The number of aromatic nitrogens is 4. The number of nitrogen functional groups attached to an aromatic ring is 1. The van der Waals surface area contributed by atoms with Crippen LogP contribution < -0.4 is 5.73 Å². The Hall–Kier alpha value is -1.95. The van der Waals surface area contributed by atoms with Crippen LogP contribution in [0, 0.1) is 0 Å². The molecule has 0 saturated carbocycles. The molecule has 6 nitrogen and oxygen atoms in total. The zero-order valence-corrected chi connectivity index (χ0v) is 9.71. The van der Waals surface area contributed by atoms with E-state index >= 15 is 0 Å². The van der Waals surface area contributed by atoms with Gasteiger partial charge < -0.3 is 10.5 Å². The van der Waals surface area contributed by atoms with E-state index in [1.54, 1.807) is 11.8 Å². The molecule has 0 unspecified atom stereocenters. The van der Waals surface area contributed by atoms with Gasteiger partial charge in [0.2, 0.25) is 0 Å². The fourth-order valence-electron chi connectivity index (χ4n) is 1.55. The Morgan fingerprint density at radius 2 is 2.06 bits per heavy atom. The van der Waals surface area contributed by atoms with Gasteiger partial charge in [-0.3, -0.25) is 0 Å². The van der Waals surface area contributed by atoms with Crippen molar-refractivity contribution in [3.63, 3.8) is 0 Å². The average Bonchev–Trinajstić information content (AvgIpc) is 2.79. The van der Waals surface area contributed by atoms with Gasteiger partial charge >= 0.3 is 0 Å². The number of hydrogen-bond donors (Lipinski definition) is 1. The third-order valence-electron chi connectivity index (χ3n) is 2.42. The molecule has 0 bridgehead atoms. The molecular formula is C11H15N5O. The molecule has 6 heteroatoms. The third-order valence-corrected chi connectivity index (χ3v) is 2.42. The molecule has 0 spiro atoms. The number of benzene rings is 1. The maximum absolute atomic E-state index is 5.64. The second-order valence-corrected chi connectivity index (χ2v) is 3.69. The molecular weight excluding hydrogens is 218 g/mol. The zero-order chi connectivity index (χ0) is 12.1. The van der Waals surface area contributed by atoms with Crippen molar-refractivity contribution in [2.75, 3.05) is 19.5 Å². The van der Waals surface area contributed by atoms with Crippen molar-refractivity contribution in [1.82, 2.24) is 20.2 Å². The Balaban J connectivity index is 2.15. The highest BCUT2D eigenvalue weighted by molar-refractivity contribution is 5.58. The van der Waals surface area contributed by atoms with E-state index in [2.05, 4.69) is 15.5 Å². The van der Waals surface area contributed by atoms with Crippen molar-refractivity contribution < 1.29 is 4.74 Å². The van der Waals surface area contributed by atoms with Crippen molar-refractivity contribution >= 4 is 5.69 Å². The summed E-state index contributed by atoms with van der Waals surface area (Å²) in [5.74, 6) is 0.751. The highest BCUT2D eigenvalue weighted by atomic mass is 16.5. The van der Waals surface area contributed by atoms with Gasteiger partial charge in [-0.15, -0.1) is 5.10 Å². The van der Waals surface area contributed by atoms with Crippen LogP contribution in [0.4, 0.5) is 5.69 Å². The number of hydrogen-bond acceptors (Lipinski definition) is 5. The molecule has 1 heterocycles. The molecule has 2 N–H and O–H groups in total. The van der Waals surface area contributed by atoms with E-state index in [1.807, 2.05) is 24.3 Å². The van der Waals surface area contributed by atoms with E-state index in [0.29, 0.717) is 6.61 Å². The smallest absolute Gasteiger partial charge is 0.182 e. The van der Waals surface area contributed by atoms with Crippen molar-refractivity contribution in [3.8, 4) is 11.4 Å². The largest absolute Gasteiger partial charge is 0.399 e. The summed E-state index contributed by atoms with van der Waals surface area (Å²) in [7, 11) is 1.68. The minimum atomic E-state index is 0.695. The molecule has 0 atom stereocenters.